The van der Waals surface area contributed by atoms with E-state index in [1.807, 2.05) is 16.9 Å². The molecule has 10 heteroatoms. The molecular weight excluding hydrogens is 506 g/mol. The van der Waals surface area contributed by atoms with Gasteiger partial charge in [-0.15, -0.1) is 0 Å². The number of nitriles is 1. The van der Waals surface area contributed by atoms with Crippen LogP contribution in [0.1, 0.15) is 75.3 Å². The first-order valence-corrected chi connectivity index (χ1v) is 13.6. The number of hydrogen-bond acceptors (Lipinski definition) is 6. The zero-order valence-electron chi connectivity index (χ0n) is 22.9. The highest BCUT2D eigenvalue weighted by Gasteiger charge is 2.39. The van der Waals surface area contributed by atoms with Crippen molar-refractivity contribution in [2.24, 2.45) is 5.92 Å². The molecule has 1 fully saturated rings. The van der Waals surface area contributed by atoms with Crippen LogP contribution >= 0.6 is 0 Å². The van der Waals surface area contributed by atoms with E-state index in [-0.39, 0.29) is 6.04 Å². The van der Waals surface area contributed by atoms with E-state index in [2.05, 4.69) is 21.1 Å². The van der Waals surface area contributed by atoms with Gasteiger partial charge >= 0.3 is 6.09 Å². The van der Waals surface area contributed by atoms with Gasteiger partial charge in [0.2, 0.25) is 0 Å². The van der Waals surface area contributed by atoms with Crippen molar-refractivity contribution in [3.05, 3.63) is 66.9 Å². The van der Waals surface area contributed by atoms with Crippen molar-refractivity contribution in [2.75, 3.05) is 0 Å². The third-order valence-corrected chi connectivity index (χ3v) is 7.71. The van der Waals surface area contributed by atoms with Gasteiger partial charge in [0.05, 0.1) is 30.4 Å². The predicted octanol–water partition coefficient (Wildman–Crippen LogP) is 6.10. The van der Waals surface area contributed by atoms with Gasteiger partial charge in [-0.05, 0) is 51.2 Å². The third-order valence-electron chi connectivity index (χ3n) is 7.71. The van der Waals surface area contributed by atoms with Crippen LogP contribution in [0, 0.1) is 17.2 Å². The maximum Gasteiger partial charge on any atom is 0.408 e. The van der Waals surface area contributed by atoms with Gasteiger partial charge in [0.15, 0.2) is 5.65 Å². The highest BCUT2D eigenvalue weighted by molar-refractivity contribution is 5.99. The number of amides is 1. The second-order valence-corrected chi connectivity index (χ2v) is 11.3. The highest BCUT2D eigenvalue weighted by atomic mass is 16.4. The van der Waals surface area contributed by atoms with Gasteiger partial charge in [0.25, 0.3) is 5.91 Å². The maximum absolute atomic E-state index is 14.1. The predicted molar refractivity (Wildman–Crippen MR) is 149 cm³/mol. The summed E-state index contributed by atoms with van der Waals surface area (Å²) < 4.78 is 3.28. The molecular formula is C30H33N7O3. The first-order chi connectivity index (χ1) is 19.2. The van der Waals surface area contributed by atoms with Crippen molar-refractivity contribution in [3.63, 3.8) is 0 Å². The molecule has 1 amide bonds. The van der Waals surface area contributed by atoms with E-state index in [1.54, 1.807) is 63.5 Å². The zero-order chi connectivity index (χ0) is 28.4. The largest absolute Gasteiger partial charge is 0.465 e. The number of hydrogen-bond donors (Lipinski definition) is 1. The van der Waals surface area contributed by atoms with Crippen molar-refractivity contribution in [1.29, 1.82) is 5.26 Å². The Labute approximate surface area is 232 Å². The summed E-state index contributed by atoms with van der Waals surface area (Å²) in [5.74, 6) is -0.0133. The molecule has 0 radical (unpaired) electrons. The molecule has 5 rings (SSSR count). The number of aromatic nitrogens is 5. The summed E-state index contributed by atoms with van der Waals surface area (Å²) in [7, 11) is 0. The monoisotopic (exact) mass is 539 g/mol. The average Bonchev–Trinajstić information content (AvgIpc) is 3.70. The Bertz CT molecular complexity index is 1560. The number of nitrogens with zero attached hydrogens (tertiary/aromatic N) is 7. The molecule has 1 aliphatic rings. The van der Waals surface area contributed by atoms with Crippen LogP contribution in [-0.2, 0) is 0 Å². The molecule has 0 spiro atoms. The Morgan fingerprint density at radius 3 is 2.52 bits per heavy atom. The van der Waals surface area contributed by atoms with Gasteiger partial charge in [0.1, 0.15) is 12.4 Å². The van der Waals surface area contributed by atoms with Crippen molar-refractivity contribution in [1.82, 2.24) is 29.2 Å². The van der Waals surface area contributed by atoms with Crippen LogP contribution in [0.2, 0.25) is 0 Å². The quantitative estimate of drug-likeness (QED) is 0.300. The van der Waals surface area contributed by atoms with Crippen LogP contribution < -0.4 is 0 Å². The number of fused-ring (bicyclic) bond motifs is 1. The van der Waals surface area contributed by atoms with E-state index in [9.17, 15) is 20.0 Å². The molecule has 10 nitrogen and oxygen atoms in total. The van der Waals surface area contributed by atoms with Crippen LogP contribution in [0.15, 0.2) is 61.3 Å². The smallest absolute Gasteiger partial charge is 0.408 e. The van der Waals surface area contributed by atoms with Gasteiger partial charge in [-0.2, -0.15) is 10.4 Å². The normalized spacial score (nSPS) is 15.6. The van der Waals surface area contributed by atoms with Crippen LogP contribution in [-0.4, -0.2) is 51.9 Å². The molecule has 3 aromatic heterocycles. The molecule has 0 aliphatic heterocycles. The summed E-state index contributed by atoms with van der Waals surface area (Å²) in [5.41, 5.74) is 1.48. The lowest BCUT2D eigenvalue weighted by atomic mass is 9.96. The molecule has 1 N–H and O–H groups in total. The Morgan fingerprint density at radius 1 is 1.15 bits per heavy atom. The number of rotatable bonds is 7. The number of carbonyl (C=O) groups is 2. The second-order valence-electron chi connectivity index (χ2n) is 11.3. The van der Waals surface area contributed by atoms with E-state index >= 15 is 0 Å². The minimum atomic E-state index is -1.19. The summed E-state index contributed by atoms with van der Waals surface area (Å²) >= 11 is 0. The first-order valence-electron chi connectivity index (χ1n) is 13.6. The second kappa shape index (κ2) is 10.9. The van der Waals surface area contributed by atoms with Crippen LogP contribution in [0.5, 0.6) is 0 Å². The molecule has 0 bridgehead atoms. The molecule has 1 aliphatic carbocycles. The molecule has 206 valence electrons. The molecule has 3 heterocycles. The van der Waals surface area contributed by atoms with Gasteiger partial charge in [-0.1, -0.05) is 43.2 Å². The third kappa shape index (κ3) is 5.07. The zero-order valence-corrected chi connectivity index (χ0v) is 22.9. The minimum absolute atomic E-state index is 0.00999. The fourth-order valence-electron chi connectivity index (χ4n) is 5.87. The molecule has 1 saturated carbocycles. The Morgan fingerprint density at radius 2 is 1.88 bits per heavy atom. The molecule has 40 heavy (non-hydrogen) atoms. The molecule has 0 saturated heterocycles. The Hall–Kier alpha value is -4.52. The summed E-state index contributed by atoms with van der Waals surface area (Å²) in [4.78, 5) is 36.7. The van der Waals surface area contributed by atoms with Crippen molar-refractivity contribution in [2.45, 2.75) is 70.5 Å². The highest BCUT2D eigenvalue weighted by Crippen LogP contribution is 2.37. The topological polar surface area (TPSA) is 130 Å². The van der Waals surface area contributed by atoms with Gasteiger partial charge < -0.3 is 5.11 Å². The van der Waals surface area contributed by atoms with Crippen molar-refractivity contribution < 1.29 is 14.7 Å². The van der Waals surface area contributed by atoms with Crippen LogP contribution in [0.4, 0.5) is 4.79 Å². The summed E-state index contributed by atoms with van der Waals surface area (Å²) in [6.45, 7) is 5.30. The maximum atomic E-state index is 14.1. The summed E-state index contributed by atoms with van der Waals surface area (Å²) in [6, 6.07) is 11.9. The van der Waals surface area contributed by atoms with E-state index < -0.39 is 23.6 Å². The SMILES string of the molecule is CC(C)(C)N(C(=O)O)C(C(=O)n1ccc2c(-c3cnn(C(CC#N)C4CCCC4)c3)ncnc21)c1ccccc1. The summed E-state index contributed by atoms with van der Waals surface area (Å²) in [5, 5.41) is 24.9. The van der Waals surface area contributed by atoms with E-state index in [4.69, 9.17) is 0 Å². The van der Waals surface area contributed by atoms with Crippen LogP contribution in [0.3, 0.4) is 0 Å². The first kappa shape index (κ1) is 27.1. The average molecular weight is 540 g/mol. The van der Waals surface area contributed by atoms with Gasteiger partial charge in [-0.3, -0.25) is 18.9 Å². The fraction of sp³-hybridized carbons (Fsp3) is 0.400. The Kier molecular flexibility index (Phi) is 7.39. The van der Waals surface area contributed by atoms with Gasteiger partial charge in [-0.25, -0.2) is 14.8 Å². The van der Waals surface area contributed by atoms with Crippen LogP contribution in [0.25, 0.3) is 22.3 Å². The minimum Gasteiger partial charge on any atom is -0.465 e. The fourth-order valence-corrected chi connectivity index (χ4v) is 5.87. The molecule has 2 atom stereocenters. The lowest BCUT2D eigenvalue weighted by molar-refractivity contribution is 0.0489. The Balaban J connectivity index is 1.55. The number of carbonyl (C=O) groups excluding carboxylic acids is 1. The lowest BCUT2D eigenvalue weighted by Crippen LogP contribution is -2.50. The lowest BCUT2D eigenvalue weighted by Gasteiger charge is -2.39. The van der Waals surface area contributed by atoms with E-state index in [1.165, 1.54) is 28.6 Å². The van der Waals surface area contributed by atoms with Gasteiger partial charge in [0, 0.05) is 28.9 Å². The standard InChI is InChI=1S/C30H33N7O3/c1-30(2,3)37(29(39)40)26(21-11-5-4-6-12-21)28(38)35-16-14-23-25(32-19-33-27(23)35)22-17-34-36(18-22)24(13-15-31)20-9-7-8-10-20/h4-6,11-12,14,16-20,24,26H,7-10,13H2,1-3H3,(H,39,40). The van der Waals surface area contributed by atoms with E-state index in [0.29, 0.717) is 34.6 Å². The molecule has 1 aromatic carbocycles. The van der Waals surface area contributed by atoms with E-state index in [0.717, 1.165) is 18.4 Å². The molecule has 4 aromatic rings. The summed E-state index contributed by atoms with van der Waals surface area (Å²) in [6.07, 6.45) is 10.4. The number of carboxylic acid groups (broad SMARTS) is 1. The van der Waals surface area contributed by atoms with Crippen molar-refractivity contribution in [3.8, 4) is 17.3 Å². The number of benzene rings is 1. The molecule has 2 unspecified atom stereocenters. The van der Waals surface area contributed by atoms with Crippen molar-refractivity contribution >= 4 is 23.0 Å².